The van der Waals surface area contributed by atoms with Crippen LogP contribution in [0.4, 0.5) is 0 Å². The standard InChI is InChI=1S/C18H25N5O2/c1-12-3-5-14(6-4-12)16(24)11-20-18(25)17-13(2)23(22-21-17)15-7-9-19-10-8-15/h3-6,15-16,19,24H,7-11H2,1-2H3,(H,20,25)/t16-/m0/s1. The Hall–Kier alpha value is -2.25. The lowest BCUT2D eigenvalue weighted by Crippen LogP contribution is -2.31. The minimum Gasteiger partial charge on any atom is -0.387 e. The topological polar surface area (TPSA) is 92.1 Å². The summed E-state index contributed by atoms with van der Waals surface area (Å²) in [5, 5.41) is 24.5. The van der Waals surface area contributed by atoms with Crippen molar-refractivity contribution in [2.75, 3.05) is 19.6 Å². The van der Waals surface area contributed by atoms with Crippen LogP contribution >= 0.6 is 0 Å². The fraction of sp³-hybridized carbons (Fsp3) is 0.500. The molecule has 1 aliphatic rings. The van der Waals surface area contributed by atoms with Crippen LogP contribution in [0.15, 0.2) is 24.3 Å². The van der Waals surface area contributed by atoms with E-state index in [0.29, 0.717) is 5.69 Å². The maximum absolute atomic E-state index is 12.4. The van der Waals surface area contributed by atoms with E-state index in [1.54, 1.807) is 0 Å². The molecule has 7 nitrogen and oxygen atoms in total. The van der Waals surface area contributed by atoms with Crippen LogP contribution in [0.2, 0.25) is 0 Å². The molecule has 0 unspecified atom stereocenters. The van der Waals surface area contributed by atoms with Gasteiger partial charge in [-0.05, 0) is 45.3 Å². The van der Waals surface area contributed by atoms with Crippen molar-refractivity contribution in [2.45, 2.75) is 38.8 Å². The third-order valence-corrected chi connectivity index (χ3v) is 4.72. The molecule has 1 aromatic heterocycles. The summed E-state index contributed by atoms with van der Waals surface area (Å²) in [5.41, 5.74) is 3.01. The molecule has 1 saturated heterocycles. The third-order valence-electron chi connectivity index (χ3n) is 4.72. The Morgan fingerprint density at radius 3 is 2.68 bits per heavy atom. The summed E-state index contributed by atoms with van der Waals surface area (Å²) >= 11 is 0. The number of rotatable bonds is 5. The molecular formula is C18H25N5O2. The van der Waals surface area contributed by atoms with Crippen molar-refractivity contribution < 1.29 is 9.90 Å². The third kappa shape index (κ3) is 4.05. The first-order valence-corrected chi connectivity index (χ1v) is 8.71. The molecule has 1 amide bonds. The summed E-state index contributed by atoms with van der Waals surface area (Å²) in [6.07, 6.45) is 1.22. The van der Waals surface area contributed by atoms with E-state index in [1.807, 2.05) is 42.8 Å². The highest BCUT2D eigenvalue weighted by atomic mass is 16.3. The van der Waals surface area contributed by atoms with E-state index in [-0.39, 0.29) is 18.5 Å². The van der Waals surface area contributed by atoms with Gasteiger partial charge in [0.25, 0.3) is 5.91 Å². The number of hydrogen-bond donors (Lipinski definition) is 3. The summed E-state index contributed by atoms with van der Waals surface area (Å²) in [6.45, 7) is 5.91. The van der Waals surface area contributed by atoms with Crippen molar-refractivity contribution in [1.29, 1.82) is 0 Å². The van der Waals surface area contributed by atoms with Gasteiger partial charge in [0, 0.05) is 6.54 Å². The van der Waals surface area contributed by atoms with Crippen LogP contribution < -0.4 is 10.6 Å². The van der Waals surface area contributed by atoms with Gasteiger partial charge in [-0.25, -0.2) is 4.68 Å². The van der Waals surface area contributed by atoms with Crippen molar-refractivity contribution in [1.82, 2.24) is 25.6 Å². The first kappa shape index (κ1) is 17.6. The zero-order valence-corrected chi connectivity index (χ0v) is 14.7. The van der Waals surface area contributed by atoms with Gasteiger partial charge in [-0.15, -0.1) is 5.10 Å². The molecule has 0 saturated carbocycles. The molecular weight excluding hydrogens is 318 g/mol. The van der Waals surface area contributed by atoms with E-state index >= 15 is 0 Å². The van der Waals surface area contributed by atoms with Crippen LogP contribution in [0.25, 0.3) is 0 Å². The highest BCUT2D eigenvalue weighted by molar-refractivity contribution is 5.93. The van der Waals surface area contributed by atoms with Crippen molar-refractivity contribution in [3.05, 3.63) is 46.8 Å². The maximum atomic E-state index is 12.4. The van der Waals surface area contributed by atoms with Gasteiger partial charge in [-0.2, -0.15) is 0 Å². The number of aliphatic hydroxyl groups is 1. The number of benzene rings is 1. The summed E-state index contributed by atoms with van der Waals surface area (Å²) in [5.74, 6) is -0.302. The Morgan fingerprint density at radius 1 is 1.32 bits per heavy atom. The maximum Gasteiger partial charge on any atom is 0.273 e. The van der Waals surface area contributed by atoms with Crippen LogP contribution in [0.1, 0.15) is 52.3 Å². The molecule has 7 heteroatoms. The largest absolute Gasteiger partial charge is 0.387 e. The summed E-state index contributed by atoms with van der Waals surface area (Å²) < 4.78 is 1.85. The number of hydrogen-bond acceptors (Lipinski definition) is 5. The van der Waals surface area contributed by atoms with Gasteiger partial charge in [-0.3, -0.25) is 4.79 Å². The Kier molecular flexibility index (Phi) is 5.45. The van der Waals surface area contributed by atoms with Crippen molar-refractivity contribution in [3.63, 3.8) is 0 Å². The number of carbonyl (C=O) groups is 1. The molecule has 2 aromatic rings. The Bertz CT molecular complexity index is 720. The van der Waals surface area contributed by atoms with Gasteiger partial charge in [-0.1, -0.05) is 35.0 Å². The van der Waals surface area contributed by atoms with Crippen LogP contribution in [-0.4, -0.2) is 45.6 Å². The smallest absolute Gasteiger partial charge is 0.273 e. The molecule has 134 valence electrons. The van der Waals surface area contributed by atoms with E-state index in [4.69, 9.17) is 0 Å². The summed E-state index contributed by atoms with van der Waals surface area (Å²) in [7, 11) is 0. The van der Waals surface area contributed by atoms with Crippen molar-refractivity contribution in [3.8, 4) is 0 Å². The fourth-order valence-electron chi connectivity index (χ4n) is 3.13. The Balaban J connectivity index is 1.61. The number of nitrogens with zero attached hydrogens (tertiary/aromatic N) is 3. The number of aromatic nitrogens is 3. The summed E-state index contributed by atoms with van der Waals surface area (Å²) in [6, 6.07) is 7.90. The van der Waals surface area contributed by atoms with Gasteiger partial charge in [0.1, 0.15) is 0 Å². The van der Waals surface area contributed by atoms with Gasteiger partial charge in [0.2, 0.25) is 0 Å². The average molecular weight is 343 g/mol. The van der Waals surface area contributed by atoms with E-state index in [2.05, 4.69) is 20.9 Å². The van der Waals surface area contributed by atoms with Gasteiger partial charge in [0.15, 0.2) is 5.69 Å². The first-order valence-electron chi connectivity index (χ1n) is 8.71. The van der Waals surface area contributed by atoms with Crippen molar-refractivity contribution in [2.24, 2.45) is 0 Å². The second-order valence-corrected chi connectivity index (χ2v) is 6.59. The van der Waals surface area contributed by atoms with Crippen molar-refractivity contribution >= 4 is 5.91 Å². The van der Waals surface area contributed by atoms with Gasteiger partial charge in [0.05, 0.1) is 17.8 Å². The number of carbonyl (C=O) groups excluding carboxylic acids is 1. The number of aliphatic hydroxyl groups excluding tert-OH is 1. The molecule has 3 rings (SSSR count). The fourth-order valence-corrected chi connectivity index (χ4v) is 3.13. The normalized spacial score (nSPS) is 16.6. The highest BCUT2D eigenvalue weighted by Crippen LogP contribution is 2.20. The lowest BCUT2D eigenvalue weighted by atomic mass is 10.1. The van der Waals surface area contributed by atoms with Crippen LogP contribution in [0.3, 0.4) is 0 Å². The predicted molar refractivity (Wildman–Crippen MR) is 94.4 cm³/mol. The molecule has 1 atom stereocenters. The zero-order chi connectivity index (χ0) is 17.8. The molecule has 0 spiro atoms. The number of piperidine rings is 1. The average Bonchev–Trinajstić information content (AvgIpc) is 3.02. The second-order valence-electron chi connectivity index (χ2n) is 6.59. The van der Waals surface area contributed by atoms with Crippen LogP contribution in [0.5, 0.6) is 0 Å². The molecule has 0 aliphatic carbocycles. The Morgan fingerprint density at radius 2 is 2.00 bits per heavy atom. The number of aryl methyl sites for hydroxylation is 1. The molecule has 1 fully saturated rings. The van der Waals surface area contributed by atoms with E-state index in [0.717, 1.165) is 42.8 Å². The molecule has 2 heterocycles. The second kappa shape index (κ2) is 7.76. The molecule has 3 N–H and O–H groups in total. The summed E-state index contributed by atoms with van der Waals surface area (Å²) in [4.78, 5) is 12.4. The Labute approximate surface area is 147 Å². The number of amides is 1. The number of nitrogens with one attached hydrogen (secondary N) is 2. The zero-order valence-electron chi connectivity index (χ0n) is 14.7. The molecule has 0 bridgehead atoms. The SMILES string of the molecule is Cc1ccc([C@@H](O)CNC(=O)c2nnn(C3CCNCC3)c2C)cc1. The van der Waals surface area contributed by atoms with Gasteiger partial charge < -0.3 is 15.7 Å². The lowest BCUT2D eigenvalue weighted by Gasteiger charge is -2.23. The van der Waals surface area contributed by atoms with Crippen LogP contribution in [0, 0.1) is 13.8 Å². The molecule has 1 aliphatic heterocycles. The molecule has 1 aromatic carbocycles. The quantitative estimate of drug-likeness (QED) is 0.761. The van der Waals surface area contributed by atoms with E-state index in [1.165, 1.54) is 0 Å². The van der Waals surface area contributed by atoms with Crippen LogP contribution in [-0.2, 0) is 0 Å². The lowest BCUT2D eigenvalue weighted by molar-refractivity contribution is 0.0910. The first-order chi connectivity index (χ1) is 12.1. The minimum atomic E-state index is -0.746. The minimum absolute atomic E-state index is 0.140. The monoisotopic (exact) mass is 343 g/mol. The highest BCUT2D eigenvalue weighted by Gasteiger charge is 2.23. The van der Waals surface area contributed by atoms with Gasteiger partial charge >= 0.3 is 0 Å². The van der Waals surface area contributed by atoms with E-state index in [9.17, 15) is 9.90 Å². The molecule has 0 radical (unpaired) electrons. The predicted octanol–water partition coefficient (Wildman–Crippen LogP) is 1.28. The van der Waals surface area contributed by atoms with E-state index < -0.39 is 6.10 Å². The molecule has 25 heavy (non-hydrogen) atoms.